The molecule has 0 aromatic carbocycles. The largest absolute Gasteiger partial charge is 0.314 e. The first-order valence-electron chi connectivity index (χ1n) is 7.13. The van der Waals surface area contributed by atoms with Crippen molar-refractivity contribution in [1.82, 2.24) is 10.3 Å². The number of pyridine rings is 1. The fourth-order valence-electron chi connectivity index (χ4n) is 3.01. The lowest BCUT2D eigenvalue weighted by Crippen LogP contribution is -2.36. The van der Waals surface area contributed by atoms with Crippen LogP contribution in [0.4, 0.5) is 0 Å². The summed E-state index contributed by atoms with van der Waals surface area (Å²) in [7, 11) is 0. The van der Waals surface area contributed by atoms with Crippen LogP contribution in [-0.4, -0.2) is 17.6 Å². The first-order valence-corrected chi connectivity index (χ1v) is 7.50. The van der Waals surface area contributed by atoms with E-state index in [-0.39, 0.29) is 0 Å². The molecule has 2 atom stereocenters. The van der Waals surface area contributed by atoms with E-state index in [0.29, 0.717) is 12.0 Å². The van der Waals surface area contributed by atoms with E-state index >= 15 is 0 Å². The summed E-state index contributed by atoms with van der Waals surface area (Å²) < 4.78 is 0. The van der Waals surface area contributed by atoms with Gasteiger partial charge in [0.05, 0.1) is 5.02 Å². The number of rotatable bonds is 4. The molecule has 100 valence electrons. The van der Waals surface area contributed by atoms with E-state index in [9.17, 15) is 0 Å². The van der Waals surface area contributed by atoms with Crippen LogP contribution < -0.4 is 5.32 Å². The number of hydrogen-bond acceptors (Lipinski definition) is 2. The molecule has 1 aromatic heterocycles. The predicted octanol–water partition coefficient (Wildman–Crippen LogP) is 3.84. The minimum absolute atomic E-state index is 0.654. The lowest BCUT2D eigenvalue weighted by molar-refractivity contribution is 0.337. The van der Waals surface area contributed by atoms with Crippen LogP contribution in [0, 0.1) is 5.92 Å². The summed E-state index contributed by atoms with van der Waals surface area (Å²) in [6, 6.07) is 2.72. The van der Waals surface area contributed by atoms with Gasteiger partial charge < -0.3 is 5.32 Å². The summed E-state index contributed by atoms with van der Waals surface area (Å²) in [6.07, 6.45) is 11.4. The zero-order chi connectivity index (χ0) is 12.8. The molecule has 0 bridgehead atoms. The van der Waals surface area contributed by atoms with Crippen LogP contribution in [0.1, 0.15) is 44.6 Å². The average molecular weight is 267 g/mol. The van der Waals surface area contributed by atoms with Gasteiger partial charge in [-0.1, -0.05) is 37.8 Å². The molecular weight excluding hydrogens is 244 g/mol. The maximum Gasteiger partial charge on any atom is 0.0621 e. The van der Waals surface area contributed by atoms with Gasteiger partial charge in [-0.3, -0.25) is 4.98 Å². The molecular formula is C15H23ClN2. The van der Waals surface area contributed by atoms with Gasteiger partial charge >= 0.3 is 0 Å². The summed E-state index contributed by atoms with van der Waals surface area (Å²) in [4.78, 5) is 4.06. The van der Waals surface area contributed by atoms with E-state index in [2.05, 4.69) is 23.3 Å². The maximum atomic E-state index is 6.23. The van der Waals surface area contributed by atoms with E-state index in [1.54, 1.807) is 6.20 Å². The first kappa shape index (κ1) is 13.8. The van der Waals surface area contributed by atoms with Gasteiger partial charge in [-0.05, 0) is 43.4 Å². The van der Waals surface area contributed by atoms with Crippen LogP contribution in [0.15, 0.2) is 18.5 Å². The highest BCUT2D eigenvalue weighted by atomic mass is 35.5. The highest BCUT2D eigenvalue weighted by Crippen LogP contribution is 2.28. The third-order valence-corrected chi connectivity index (χ3v) is 4.30. The van der Waals surface area contributed by atoms with Crippen LogP contribution in [0.5, 0.6) is 0 Å². The first-order chi connectivity index (χ1) is 8.81. The van der Waals surface area contributed by atoms with Gasteiger partial charge in [-0.25, -0.2) is 0 Å². The van der Waals surface area contributed by atoms with Gasteiger partial charge in [0.1, 0.15) is 0 Å². The molecule has 1 aliphatic rings. The minimum atomic E-state index is 0.654. The second kappa shape index (κ2) is 7.10. The van der Waals surface area contributed by atoms with Gasteiger partial charge in [0.2, 0.25) is 0 Å². The Morgan fingerprint density at radius 3 is 2.94 bits per heavy atom. The van der Waals surface area contributed by atoms with E-state index in [0.717, 1.165) is 18.0 Å². The summed E-state index contributed by atoms with van der Waals surface area (Å²) in [5, 5.41) is 4.47. The fraction of sp³-hybridized carbons (Fsp3) is 0.667. The van der Waals surface area contributed by atoms with E-state index in [1.807, 2.05) is 6.20 Å². The number of nitrogens with one attached hydrogen (secondary N) is 1. The Balaban J connectivity index is 2.06. The smallest absolute Gasteiger partial charge is 0.0621 e. The van der Waals surface area contributed by atoms with Gasteiger partial charge in [0.15, 0.2) is 0 Å². The van der Waals surface area contributed by atoms with Crippen LogP contribution in [0.3, 0.4) is 0 Å². The maximum absolute atomic E-state index is 6.23. The third kappa shape index (κ3) is 3.69. The summed E-state index contributed by atoms with van der Waals surface area (Å²) in [6.45, 7) is 3.26. The van der Waals surface area contributed by atoms with Crippen LogP contribution in [0.2, 0.25) is 5.02 Å². The molecule has 1 heterocycles. The van der Waals surface area contributed by atoms with E-state index in [1.165, 1.54) is 37.7 Å². The van der Waals surface area contributed by atoms with Crippen LogP contribution in [0.25, 0.3) is 0 Å². The summed E-state index contributed by atoms with van der Waals surface area (Å²) in [5.41, 5.74) is 1.25. The second-order valence-corrected chi connectivity index (χ2v) is 5.64. The molecule has 1 saturated carbocycles. The SMILES string of the molecule is CCNC1CCCCCC1Cc1ccncc1Cl. The van der Waals surface area contributed by atoms with E-state index < -0.39 is 0 Å². The Labute approximate surface area is 115 Å². The van der Waals surface area contributed by atoms with Crippen molar-refractivity contribution in [2.24, 2.45) is 5.92 Å². The fourth-order valence-corrected chi connectivity index (χ4v) is 3.21. The molecule has 1 N–H and O–H groups in total. The van der Waals surface area contributed by atoms with Gasteiger partial charge in [0.25, 0.3) is 0 Å². The normalized spacial score (nSPS) is 24.8. The predicted molar refractivity (Wildman–Crippen MR) is 77.0 cm³/mol. The number of halogens is 1. The molecule has 0 amide bonds. The zero-order valence-electron chi connectivity index (χ0n) is 11.2. The molecule has 18 heavy (non-hydrogen) atoms. The van der Waals surface area contributed by atoms with Crippen molar-refractivity contribution in [2.45, 2.75) is 51.5 Å². The van der Waals surface area contributed by atoms with Gasteiger partial charge in [-0.2, -0.15) is 0 Å². The highest BCUT2D eigenvalue weighted by molar-refractivity contribution is 6.31. The minimum Gasteiger partial charge on any atom is -0.314 e. The molecule has 1 aliphatic carbocycles. The van der Waals surface area contributed by atoms with Crippen molar-refractivity contribution >= 4 is 11.6 Å². The molecule has 0 spiro atoms. The van der Waals surface area contributed by atoms with Crippen LogP contribution in [-0.2, 0) is 6.42 Å². The Kier molecular flexibility index (Phi) is 5.45. The monoisotopic (exact) mass is 266 g/mol. The standard InChI is InChI=1S/C15H23ClN2/c1-2-18-15-7-5-3-4-6-13(15)10-12-8-9-17-11-14(12)16/h8-9,11,13,15,18H,2-7,10H2,1H3. The molecule has 0 aliphatic heterocycles. The van der Waals surface area contributed by atoms with Gasteiger partial charge in [-0.15, -0.1) is 0 Å². The van der Waals surface area contributed by atoms with Crippen molar-refractivity contribution in [3.8, 4) is 0 Å². The molecule has 2 unspecified atom stereocenters. The molecule has 0 radical (unpaired) electrons. The van der Waals surface area contributed by atoms with Crippen molar-refractivity contribution in [2.75, 3.05) is 6.54 Å². The van der Waals surface area contributed by atoms with Crippen molar-refractivity contribution < 1.29 is 0 Å². The van der Waals surface area contributed by atoms with Crippen molar-refractivity contribution in [3.05, 3.63) is 29.0 Å². The zero-order valence-corrected chi connectivity index (χ0v) is 11.9. The molecule has 2 rings (SSSR count). The molecule has 3 heteroatoms. The summed E-state index contributed by atoms with van der Waals surface area (Å²) >= 11 is 6.23. The van der Waals surface area contributed by atoms with Crippen LogP contribution >= 0.6 is 11.6 Å². The topological polar surface area (TPSA) is 24.9 Å². The number of nitrogens with zero attached hydrogens (tertiary/aromatic N) is 1. The Hall–Kier alpha value is -0.600. The molecule has 1 aromatic rings. The molecule has 0 saturated heterocycles. The molecule has 1 fully saturated rings. The average Bonchev–Trinajstić information content (AvgIpc) is 2.59. The summed E-state index contributed by atoms with van der Waals surface area (Å²) in [5.74, 6) is 0.715. The van der Waals surface area contributed by atoms with Crippen molar-refractivity contribution in [3.63, 3.8) is 0 Å². The lowest BCUT2D eigenvalue weighted by atomic mass is 9.88. The Morgan fingerprint density at radius 2 is 2.17 bits per heavy atom. The second-order valence-electron chi connectivity index (χ2n) is 5.23. The third-order valence-electron chi connectivity index (χ3n) is 3.96. The molecule has 2 nitrogen and oxygen atoms in total. The number of hydrogen-bond donors (Lipinski definition) is 1. The number of aromatic nitrogens is 1. The highest BCUT2D eigenvalue weighted by Gasteiger charge is 2.23. The quantitative estimate of drug-likeness (QED) is 0.838. The lowest BCUT2D eigenvalue weighted by Gasteiger charge is -2.26. The van der Waals surface area contributed by atoms with Crippen molar-refractivity contribution in [1.29, 1.82) is 0 Å². The van der Waals surface area contributed by atoms with E-state index in [4.69, 9.17) is 11.6 Å². The van der Waals surface area contributed by atoms with Gasteiger partial charge in [0, 0.05) is 18.4 Å². The Morgan fingerprint density at radius 1 is 1.33 bits per heavy atom. The Bertz CT molecular complexity index is 367.